The van der Waals surface area contributed by atoms with Crippen molar-refractivity contribution in [2.75, 3.05) is 5.75 Å². The van der Waals surface area contributed by atoms with Gasteiger partial charge in [0.1, 0.15) is 0 Å². The lowest BCUT2D eigenvalue weighted by molar-refractivity contribution is 0.503. The highest BCUT2D eigenvalue weighted by Crippen LogP contribution is 2.23. The van der Waals surface area contributed by atoms with Crippen molar-refractivity contribution < 1.29 is 4.42 Å². The third-order valence-electron chi connectivity index (χ3n) is 4.31. The number of aromatic nitrogens is 3. The van der Waals surface area contributed by atoms with E-state index in [1.807, 2.05) is 48.8 Å². The fourth-order valence-electron chi connectivity index (χ4n) is 3.03. The van der Waals surface area contributed by atoms with Gasteiger partial charge in [0.15, 0.2) is 10.7 Å². The van der Waals surface area contributed by atoms with Gasteiger partial charge >= 0.3 is 5.76 Å². The van der Waals surface area contributed by atoms with Crippen molar-refractivity contribution >= 4 is 22.9 Å². The molecule has 0 aliphatic carbocycles. The number of para-hydroxylation sites is 3. The van der Waals surface area contributed by atoms with E-state index >= 15 is 0 Å². The highest BCUT2D eigenvalue weighted by Gasteiger charge is 2.10. The largest absolute Gasteiger partial charge is 0.419 e. The van der Waals surface area contributed by atoms with E-state index < -0.39 is 0 Å². The van der Waals surface area contributed by atoms with Crippen LogP contribution < -0.4 is 5.76 Å². The summed E-state index contributed by atoms with van der Waals surface area (Å²) < 4.78 is 9.08. The molecule has 2 aromatic carbocycles. The lowest BCUT2D eigenvalue weighted by Gasteiger charge is -2.10. The molecule has 0 saturated carbocycles. The predicted molar refractivity (Wildman–Crippen MR) is 104 cm³/mol. The second-order valence-electron chi connectivity index (χ2n) is 6.06. The van der Waals surface area contributed by atoms with E-state index in [4.69, 9.17) is 4.42 Å². The van der Waals surface area contributed by atoms with Gasteiger partial charge in [0.05, 0.1) is 11.2 Å². The van der Waals surface area contributed by atoms with Crippen molar-refractivity contribution in [1.29, 1.82) is 0 Å². The van der Waals surface area contributed by atoms with Gasteiger partial charge in [-0.15, -0.1) is 0 Å². The summed E-state index contributed by atoms with van der Waals surface area (Å²) in [6, 6.07) is 15.8. The Balaban J connectivity index is 1.43. The number of benzene rings is 2. The molecule has 2 aromatic heterocycles. The van der Waals surface area contributed by atoms with Crippen LogP contribution in [-0.4, -0.2) is 19.9 Å². The van der Waals surface area contributed by atoms with Gasteiger partial charge in [-0.1, -0.05) is 42.1 Å². The van der Waals surface area contributed by atoms with E-state index in [1.54, 1.807) is 16.3 Å². The lowest BCUT2D eigenvalue weighted by Crippen LogP contribution is -2.14. The zero-order chi connectivity index (χ0) is 17.9. The Bertz CT molecular complexity index is 1090. The normalized spacial score (nSPS) is 11.3. The van der Waals surface area contributed by atoms with Crippen molar-refractivity contribution in [2.24, 2.45) is 0 Å². The van der Waals surface area contributed by atoms with Crippen LogP contribution in [0.4, 0.5) is 0 Å². The van der Waals surface area contributed by atoms with Crippen molar-refractivity contribution in [3.8, 4) is 5.69 Å². The molecule has 0 spiro atoms. The van der Waals surface area contributed by atoms with Gasteiger partial charge in [0, 0.05) is 24.7 Å². The Morgan fingerprint density at radius 1 is 1.12 bits per heavy atom. The number of hydrogen-bond donors (Lipinski definition) is 0. The van der Waals surface area contributed by atoms with Crippen LogP contribution in [0.2, 0.25) is 0 Å². The number of hydrogen-bond acceptors (Lipinski definition) is 4. The zero-order valence-corrected chi connectivity index (χ0v) is 15.3. The molecule has 0 radical (unpaired) electrons. The van der Waals surface area contributed by atoms with Crippen LogP contribution in [0, 0.1) is 6.92 Å². The Morgan fingerprint density at radius 2 is 1.92 bits per heavy atom. The Kier molecular flexibility index (Phi) is 4.67. The first-order valence-electron chi connectivity index (χ1n) is 8.54. The van der Waals surface area contributed by atoms with Crippen molar-refractivity contribution in [2.45, 2.75) is 25.0 Å². The fourth-order valence-corrected chi connectivity index (χ4v) is 3.92. The molecule has 0 aliphatic heterocycles. The second-order valence-corrected chi connectivity index (χ2v) is 7.12. The highest BCUT2D eigenvalue weighted by molar-refractivity contribution is 7.99. The first-order valence-corrected chi connectivity index (χ1v) is 9.53. The van der Waals surface area contributed by atoms with Crippen LogP contribution in [0.5, 0.6) is 0 Å². The minimum absolute atomic E-state index is 0.294. The van der Waals surface area contributed by atoms with Gasteiger partial charge < -0.3 is 4.42 Å². The number of rotatable bonds is 6. The summed E-state index contributed by atoms with van der Waals surface area (Å²) in [4.78, 5) is 16.5. The van der Waals surface area contributed by atoms with Crippen LogP contribution in [0.1, 0.15) is 12.0 Å². The molecule has 0 saturated heterocycles. The molecule has 0 amide bonds. The second kappa shape index (κ2) is 7.25. The van der Waals surface area contributed by atoms with Crippen LogP contribution in [0.15, 0.2) is 75.3 Å². The van der Waals surface area contributed by atoms with E-state index in [1.165, 1.54) is 5.56 Å². The molecule has 0 fully saturated rings. The predicted octanol–water partition coefficient (Wildman–Crippen LogP) is 4.27. The molecule has 2 heterocycles. The van der Waals surface area contributed by atoms with Crippen LogP contribution in [0.3, 0.4) is 0 Å². The fraction of sp³-hybridized carbons (Fsp3) is 0.200. The topological polar surface area (TPSA) is 53.0 Å². The van der Waals surface area contributed by atoms with E-state index in [-0.39, 0.29) is 5.76 Å². The van der Waals surface area contributed by atoms with Gasteiger partial charge in [-0.25, -0.2) is 9.78 Å². The summed E-state index contributed by atoms with van der Waals surface area (Å²) in [5.41, 5.74) is 3.84. The number of nitrogens with zero attached hydrogens (tertiary/aromatic N) is 3. The molecule has 0 bridgehead atoms. The molecule has 0 N–H and O–H groups in total. The molecule has 26 heavy (non-hydrogen) atoms. The molecule has 4 rings (SSSR count). The minimum Gasteiger partial charge on any atom is -0.408 e. The Morgan fingerprint density at radius 3 is 2.81 bits per heavy atom. The van der Waals surface area contributed by atoms with Crippen molar-refractivity contribution in [3.63, 3.8) is 0 Å². The average Bonchev–Trinajstić information content (AvgIpc) is 3.23. The van der Waals surface area contributed by atoms with Crippen LogP contribution in [-0.2, 0) is 6.54 Å². The molecular formula is C20H19N3O2S. The molecule has 6 heteroatoms. The maximum atomic E-state index is 12.0. The highest BCUT2D eigenvalue weighted by atomic mass is 32.2. The zero-order valence-electron chi connectivity index (χ0n) is 14.5. The Hall–Kier alpha value is -2.73. The SMILES string of the molecule is Cc1ccccc1-n1ccnc1SCCCn1c(=O)oc2ccccc21. The van der Waals surface area contributed by atoms with Crippen LogP contribution in [0.25, 0.3) is 16.8 Å². The number of oxazole rings is 1. The van der Waals surface area contributed by atoms with Crippen molar-refractivity contribution in [3.05, 3.63) is 77.0 Å². The smallest absolute Gasteiger partial charge is 0.408 e. The van der Waals surface area contributed by atoms with Gasteiger partial charge in [-0.05, 0) is 37.1 Å². The third kappa shape index (κ3) is 3.20. The van der Waals surface area contributed by atoms with Crippen LogP contribution >= 0.6 is 11.8 Å². The number of aryl methyl sites for hydroxylation is 2. The number of imidazole rings is 1. The monoisotopic (exact) mass is 365 g/mol. The molecule has 0 aliphatic rings. The van der Waals surface area contributed by atoms with E-state index in [0.717, 1.165) is 28.5 Å². The first-order chi connectivity index (χ1) is 12.7. The molecule has 0 unspecified atom stereocenters. The molecule has 0 atom stereocenters. The molecule has 4 aromatic rings. The van der Waals surface area contributed by atoms with E-state index in [9.17, 15) is 4.79 Å². The van der Waals surface area contributed by atoms with Gasteiger partial charge in [-0.3, -0.25) is 9.13 Å². The maximum Gasteiger partial charge on any atom is 0.419 e. The lowest BCUT2D eigenvalue weighted by atomic mass is 10.2. The summed E-state index contributed by atoms with van der Waals surface area (Å²) in [6.45, 7) is 2.73. The van der Waals surface area contributed by atoms with E-state index in [0.29, 0.717) is 12.1 Å². The summed E-state index contributed by atoms with van der Waals surface area (Å²) in [6.07, 6.45) is 4.66. The summed E-state index contributed by atoms with van der Waals surface area (Å²) in [5.74, 6) is 0.576. The number of thioether (sulfide) groups is 1. The Labute approximate surface area is 155 Å². The average molecular weight is 365 g/mol. The van der Waals surface area contributed by atoms with Crippen molar-refractivity contribution in [1.82, 2.24) is 14.1 Å². The standard InChI is InChI=1S/C20H19N3O2S/c1-15-7-2-3-8-16(15)22-13-11-21-19(22)26-14-6-12-23-17-9-4-5-10-18(17)25-20(23)24/h2-5,7-11,13H,6,12,14H2,1H3. The number of fused-ring (bicyclic) bond motifs is 1. The summed E-state index contributed by atoms with van der Waals surface area (Å²) in [5, 5.41) is 0.962. The third-order valence-corrected chi connectivity index (χ3v) is 5.37. The molecule has 5 nitrogen and oxygen atoms in total. The molecular weight excluding hydrogens is 346 g/mol. The van der Waals surface area contributed by atoms with E-state index in [2.05, 4.69) is 28.6 Å². The minimum atomic E-state index is -0.294. The maximum absolute atomic E-state index is 12.0. The molecule has 132 valence electrons. The van der Waals surface area contributed by atoms with Gasteiger partial charge in [-0.2, -0.15) is 0 Å². The van der Waals surface area contributed by atoms with Gasteiger partial charge in [0.2, 0.25) is 0 Å². The summed E-state index contributed by atoms with van der Waals surface area (Å²) in [7, 11) is 0. The quantitative estimate of drug-likeness (QED) is 0.378. The van der Waals surface area contributed by atoms with Gasteiger partial charge in [0.25, 0.3) is 0 Å². The first kappa shape index (κ1) is 16.7. The summed E-state index contributed by atoms with van der Waals surface area (Å²) >= 11 is 1.70.